The third kappa shape index (κ3) is 31.2. The Bertz CT molecular complexity index is 4250. The molecule has 1 heterocycles. The first kappa shape index (κ1) is 104. The molecule has 13 N–H and O–H groups in total. The number of likely N-dealkylation sites (N-methyl/N-ethyl adjacent to an activating group) is 2. The number of aliphatic hydroxyl groups is 1. The minimum atomic E-state index is -1.33. The fourth-order valence-corrected chi connectivity index (χ4v) is 15.7. The SMILES string of the molecule is CC[C@H](C)[C@@H]([C@H](CC(=O)N1CCC[C@H]1[C@H](OC)[C@@H](C)C(=O)N[C@@H](C)[C@H](O)c1ccccc1)OC)N(C)C(=O)[C@@H](NC(=O)[C@H](C(C)C)N(C)C(=O)OCc1ccc(NC(=O)[C@H](CCCNC(N)=O)NC(=O)[C@@H](NC(=O)[C@H](CCCCNC(=O)C(CNC(=O)OC(C)(C)C)NC(=O)OC(C)(C)C)NC(=O)OCC2c3ccccc3-c3ccccc32)C(C)C)cc1)C(C)C. The van der Waals surface area contributed by atoms with Gasteiger partial charge in [0.25, 0.3) is 0 Å². The lowest BCUT2D eigenvalue weighted by Gasteiger charge is -2.41. The zero-order valence-corrected chi connectivity index (χ0v) is 76.9. The molecule has 14 amide bonds. The van der Waals surface area contributed by atoms with Gasteiger partial charge in [-0.25, -0.2) is 24.0 Å². The van der Waals surface area contributed by atoms with E-state index in [9.17, 15) is 67.4 Å². The molecule has 34 nitrogen and oxygen atoms in total. The summed E-state index contributed by atoms with van der Waals surface area (Å²) in [5.74, 6) is -7.41. The third-order valence-electron chi connectivity index (χ3n) is 22.5. The van der Waals surface area contributed by atoms with Crippen molar-refractivity contribution in [2.75, 3.05) is 66.4 Å². The number of amides is 14. The molecule has 1 aliphatic heterocycles. The largest absolute Gasteiger partial charge is 0.449 e. The molecule has 1 aliphatic carbocycles. The van der Waals surface area contributed by atoms with Crippen molar-refractivity contribution in [2.24, 2.45) is 35.3 Å². The second kappa shape index (κ2) is 49.1. The van der Waals surface area contributed by atoms with E-state index >= 15 is 0 Å². The molecular weight excluding hydrogens is 1620 g/mol. The number of carbonyl (C=O) groups excluding carboxylic acids is 13. The quantitative estimate of drug-likeness (QED) is 0.0145. The van der Waals surface area contributed by atoms with Gasteiger partial charge in [0.1, 0.15) is 60.7 Å². The topological polar surface area (TPSA) is 454 Å². The molecule has 4 aromatic carbocycles. The van der Waals surface area contributed by atoms with E-state index in [0.717, 1.165) is 27.2 Å². The molecule has 1 fully saturated rings. The van der Waals surface area contributed by atoms with Gasteiger partial charge >= 0.3 is 30.4 Å². The molecule has 1 saturated heterocycles. The Morgan fingerprint density at radius 1 is 0.556 bits per heavy atom. The van der Waals surface area contributed by atoms with Gasteiger partial charge in [-0.15, -0.1) is 0 Å². The van der Waals surface area contributed by atoms with Gasteiger partial charge in [-0.1, -0.05) is 160 Å². The summed E-state index contributed by atoms with van der Waals surface area (Å²) in [7, 11) is 6.03. The zero-order valence-electron chi connectivity index (χ0n) is 76.9. The van der Waals surface area contributed by atoms with Gasteiger partial charge in [0.15, 0.2) is 0 Å². The highest BCUT2D eigenvalue weighted by molar-refractivity contribution is 5.99. The van der Waals surface area contributed by atoms with Crippen molar-refractivity contribution in [2.45, 2.75) is 265 Å². The Labute approximate surface area is 741 Å². The molecular formula is C92H138N14O20. The summed E-state index contributed by atoms with van der Waals surface area (Å²) in [6.07, 6.45) is -3.81. The number of hydrogen-bond acceptors (Lipinski definition) is 20. The van der Waals surface area contributed by atoms with Crippen LogP contribution in [0, 0.1) is 29.6 Å². The molecule has 696 valence electrons. The molecule has 126 heavy (non-hydrogen) atoms. The highest BCUT2D eigenvalue weighted by atomic mass is 16.6. The Kier molecular flexibility index (Phi) is 40.4. The van der Waals surface area contributed by atoms with Crippen LogP contribution >= 0.6 is 0 Å². The number of nitrogens with two attached hydrogens (primary N) is 1. The minimum absolute atomic E-state index is 0.00232. The maximum absolute atomic E-state index is 15.0. The van der Waals surface area contributed by atoms with Crippen LogP contribution in [0.5, 0.6) is 0 Å². The number of alkyl carbamates (subject to hydrolysis) is 3. The molecule has 0 bridgehead atoms. The lowest BCUT2D eigenvalue weighted by Crippen LogP contribution is -2.60. The van der Waals surface area contributed by atoms with Crippen LogP contribution in [0.2, 0.25) is 0 Å². The number of nitrogens with one attached hydrogen (secondary N) is 10. The summed E-state index contributed by atoms with van der Waals surface area (Å²) in [4.78, 5) is 185. The van der Waals surface area contributed by atoms with E-state index in [2.05, 4.69) is 53.2 Å². The molecule has 6 rings (SSSR count). The van der Waals surface area contributed by atoms with Gasteiger partial charge in [0.05, 0.1) is 55.3 Å². The highest BCUT2D eigenvalue weighted by Crippen LogP contribution is 2.45. The lowest BCUT2D eigenvalue weighted by molar-refractivity contribution is -0.148. The van der Waals surface area contributed by atoms with Crippen LogP contribution in [-0.4, -0.2) is 236 Å². The fourth-order valence-electron chi connectivity index (χ4n) is 15.7. The summed E-state index contributed by atoms with van der Waals surface area (Å²) >= 11 is 0. The van der Waals surface area contributed by atoms with E-state index in [1.807, 2.05) is 80.6 Å². The van der Waals surface area contributed by atoms with Crippen LogP contribution in [0.3, 0.4) is 0 Å². The second-order valence-corrected chi connectivity index (χ2v) is 35.6. The van der Waals surface area contributed by atoms with Crippen molar-refractivity contribution in [3.8, 4) is 11.1 Å². The maximum Gasteiger partial charge on any atom is 0.410 e. The molecule has 0 aromatic heterocycles. The predicted octanol–water partition coefficient (Wildman–Crippen LogP) is 9.20. The molecule has 4 aromatic rings. The third-order valence-corrected chi connectivity index (χ3v) is 22.5. The lowest BCUT2D eigenvalue weighted by atomic mass is 9.89. The number of likely N-dealkylation sites (tertiary alicyclic amines) is 1. The standard InChI is InChI=1S/C92H138N14O20/c1-21-56(8)76(71(121-19)49-72(107)106-48-32-41-70(106)78(122-20)57(9)79(109)97-58(10)77(108)60-33-23-22-24-34-60)104(17)85(115)74(54(4)5)103-84(114)75(55(6)7)105(18)90(120)124-51-59-42-44-61(45-43-59)98-81(111)67(40-31-47-95-86(93)116)99-83(113)73(53(2)3)102-82(112)68(100-88(118)123-52-66-64-37-27-25-35-62(64)63-36-26-28-38-65(63)66)39-29-30-46-94-80(110)69(101-89(119)126-92(14,15)16)50-96-87(117)125-91(11,12)13/h22-28,33-38,42-45,53-58,66-71,73-78,108H,21,29-32,39-41,46-52H2,1-20H3,(H,94,110)(H,96,117)(H,97,109)(H,98,111)(H,99,113)(H,100,118)(H,101,119)(H,102,112)(H,103,114)(H3,93,95,116)/t56-,57+,58-,67-,68-,69?,70-,71-,73-,74-,75-,76-,77-,78+/m0/s1. The number of anilines is 1. The van der Waals surface area contributed by atoms with Crippen molar-refractivity contribution in [3.05, 3.63) is 125 Å². The molecule has 2 aliphatic rings. The van der Waals surface area contributed by atoms with Crippen molar-refractivity contribution in [1.29, 1.82) is 0 Å². The molecule has 0 radical (unpaired) electrons. The van der Waals surface area contributed by atoms with Crippen molar-refractivity contribution in [3.63, 3.8) is 0 Å². The highest BCUT2D eigenvalue weighted by Gasteiger charge is 2.45. The number of nitrogens with zero attached hydrogens (tertiary/aromatic N) is 3. The van der Waals surface area contributed by atoms with Gasteiger partial charge in [-0.2, -0.15) is 0 Å². The number of rotatable bonds is 45. The van der Waals surface area contributed by atoms with Gasteiger partial charge in [0, 0.05) is 59.6 Å². The summed E-state index contributed by atoms with van der Waals surface area (Å²) in [6.45, 7) is 27.4. The summed E-state index contributed by atoms with van der Waals surface area (Å²) < 4.78 is 34.4. The predicted molar refractivity (Wildman–Crippen MR) is 475 cm³/mol. The Morgan fingerprint density at radius 3 is 1.69 bits per heavy atom. The average Bonchev–Trinajstić information content (AvgIpc) is 1.61. The number of methoxy groups -OCH3 is 2. The zero-order chi connectivity index (χ0) is 93.6. The number of hydrogen-bond donors (Lipinski definition) is 12. The maximum atomic E-state index is 15.0. The molecule has 0 saturated carbocycles. The molecule has 14 atom stereocenters. The molecule has 1 unspecified atom stereocenters. The van der Waals surface area contributed by atoms with Crippen molar-refractivity contribution >= 4 is 83.3 Å². The van der Waals surface area contributed by atoms with Crippen molar-refractivity contribution < 1.29 is 95.9 Å². The number of aliphatic hydroxyl groups excluding tert-OH is 1. The fraction of sp³-hybridized carbons (Fsp3) is 0.598. The summed E-state index contributed by atoms with van der Waals surface area (Å²) in [5, 5.41) is 38.2. The second-order valence-electron chi connectivity index (χ2n) is 35.6. The van der Waals surface area contributed by atoms with E-state index in [4.69, 9.17) is 34.2 Å². The minimum Gasteiger partial charge on any atom is -0.449 e. The molecule has 34 heteroatoms. The Morgan fingerprint density at radius 2 is 1.12 bits per heavy atom. The number of unbranched alkanes of at least 4 members (excludes halogenated alkanes) is 1. The van der Waals surface area contributed by atoms with E-state index in [1.165, 1.54) is 38.3 Å². The van der Waals surface area contributed by atoms with Gasteiger partial charge in [0.2, 0.25) is 47.3 Å². The van der Waals surface area contributed by atoms with Crippen LogP contribution in [0.25, 0.3) is 11.1 Å². The van der Waals surface area contributed by atoms with Gasteiger partial charge < -0.3 is 102 Å². The number of primary amides is 1. The smallest absolute Gasteiger partial charge is 0.410 e. The molecule has 0 spiro atoms. The van der Waals surface area contributed by atoms with E-state index in [0.29, 0.717) is 36.9 Å². The van der Waals surface area contributed by atoms with E-state index < -0.39 is 173 Å². The van der Waals surface area contributed by atoms with Crippen LogP contribution in [0.4, 0.5) is 29.7 Å². The number of fused-ring (bicyclic) bond motifs is 3. The van der Waals surface area contributed by atoms with E-state index in [-0.39, 0.29) is 101 Å². The van der Waals surface area contributed by atoms with Crippen molar-refractivity contribution in [1.82, 2.24) is 62.6 Å². The first-order valence-electron chi connectivity index (χ1n) is 43.6. The van der Waals surface area contributed by atoms with E-state index in [1.54, 1.807) is 133 Å². The average molecular weight is 1760 g/mol. The summed E-state index contributed by atoms with van der Waals surface area (Å²) in [5.41, 5.74) is 8.86. The number of ether oxygens (including phenoxy) is 6. The van der Waals surface area contributed by atoms with Crippen LogP contribution in [0.1, 0.15) is 203 Å². The van der Waals surface area contributed by atoms with Gasteiger partial charge in [-0.05, 0) is 163 Å². The number of urea groups is 1. The van der Waals surface area contributed by atoms with Crippen LogP contribution in [-0.2, 0) is 73.4 Å². The first-order chi connectivity index (χ1) is 59.4. The first-order valence-corrected chi connectivity index (χ1v) is 43.6. The summed E-state index contributed by atoms with van der Waals surface area (Å²) in [6, 6.07) is 20.8. The normalized spacial score (nSPS) is 16.3. The van der Waals surface area contributed by atoms with Crippen LogP contribution in [0.15, 0.2) is 103 Å². The Hall–Kier alpha value is -11.1. The Balaban J connectivity index is 1.10. The monoisotopic (exact) mass is 1760 g/mol. The van der Waals surface area contributed by atoms with Crippen LogP contribution < -0.4 is 58.9 Å². The number of benzene rings is 4. The van der Waals surface area contributed by atoms with Gasteiger partial charge in [-0.3, -0.25) is 43.3 Å². The number of carbonyl (C=O) groups is 13.